The van der Waals surface area contributed by atoms with E-state index < -0.39 is 5.60 Å². The van der Waals surface area contributed by atoms with Gasteiger partial charge in [-0.3, -0.25) is 9.89 Å². The van der Waals surface area contributed by atoms with E-state index in [9.17, 15) is 4.79 Å². The molecule has 3 rings (SSSR count). The third-order valence-electron chi connectivity index (χ3n) is 5.16. The molecular formula is C22H35N5O3. The maximum absolute atomic E-state index is 12.1. The number of nitrogens with one attached hydrogen (secondary N) is 2. The monoisotopic (exact) mass is 417 g/mol. The molecule has 0 bridgehead atoms. The van der Waals surface area contributed by atoms with E-state index >= 15 is 0 Å². The number of hydrogen-bond donors (Lipinski definition) is 2. The van der Waals surface area contributed by atoms with Gasteiger partial charge in [0, 0.05) is 46.3 Å². The lowest BCUT2D eigenvalue weighted by Crippen LogP contribution is -2.63. The number of nitrogens with zero attached hydrogens (tertiary/aromatic N) is 3. The molecule has 1 amide bonds. The number of rotatable bonds is 5. The smallest absolute Gasteiger partial charge is 0.410 e. The molecular weight excluding hydrogens is 382 g/mol. The van der Waals surface area contributed by atoms with Crippen molar-refractivity contribution < 1.29 is 14.3 Å². The highest BCUT2D eigenvalue weighted by Crippen LogP contribution is 2.16. The average Bonchev–Trinajstić information content (AvgIpc) is 2.67. The van der Waals surface area contributed by atoms with E-state index in [1.165, 1.54) is 11.1 Å². The highest BCUT2D eigenvalue weighted by molar-refractivity contribution is 5.80. The lowest BCUT2D eigenvalue weighted by molar-refractivity contribution is 0.00700. The maximum atomic E-state index is 12.1. The van der Waals surface area contributed by atoms with Gasteiger partial charge in [0.1, 0.15) is 5.60 Å². The van der Waals surface area contributed by atoms with E-state index in [2.05, 4.69) is 44.8 Å². The summed E-state index contributed by atoms with van der Waals surface area (Å²) in [5.74, 6) is 0.741. The molecule has 0 atom stereocenters. The van der Waals surface area contributed by atoms with Crippen molar-refractivity contribution in [3.63, 3.8) is 0 Å². The summed E-state index contributed by atoms with van der Waals surface area (Å²) in [6, 6.07) is 8.68. The van der Waals surface area contributed by atoms with E-state index in [0.717, 1.165) is 38.8 Å². The molecule has 0 spiro atoms. The fourth-order valence-electron chi connectivity index (χ4n) is 3.50. The Bertz CT molecular complexity index is 735. The van der Waals surface area contributed by atoms with Gasteiger partial charge in [-0.15, -0.1) is 0 Å². The molecule has 1 aromatic carbocycles. The zero-order valence-corrected chi connectivity index (χ0v) is 18.6. The summed E-state index contributed by atoms with van der Waals surface area (Å²) in [4.78, 5) is 20.5. The van der Waals surface area contributed by atoms with E-state index in [1.807, 2.05) is 20.8 Å². The first-order chi connectivity index (χ1) is 14.3. The summed E-state index contributed by atoms with van der Waals surface area (Å²) in [7, 11) is 1.76. The van der Waals surface area contributed by atoms with Crippen molar-refractivity contribution in [1.82, 2.24) is 20.4 Å². The second kappa shape index (κ2) is 10.1. The predicted octanol–water partition coefficient (Wildman–Crippen LogP) is 1.80. The molecule has 2 saturated heterocycles. The molecule has 8 heteroatoms. The molecule has 166 valence electrons. The van der Waals surface area contributed by atoms with Gasteiger partial charge >= 0.3 is 6.09 Å². The fraction of sp³-hybridized carbons (Fsp3) is 0.636. The van der Waals surface area contributed by atoms with Crippen LogP contribution in [0.15, 0.2) is 29.3 Å². The Balaban J connectivity index is 1.46. The number of amides is 1. The predicted molar refractivity (Wildman–Crippen MR) is 117 cm³/mol. The minimum Gasteiger partial charge on any atom is -0.444 e. The Kier molecular flexibility index (Phi) is 7.55. The number of guanidine groups is 1. The normalized spacial score (nSPS) is 18.7. The molecule has 2 N–H and O–H groups in total. The van der Waals surface area contributed by atoms with Crippen LogP contribution < -0.4 is 10.6 Å². The number of ether oxygens (including phenoxy) is 2. The first-order valence-electron chi connectivity index (χ1n) is 10.7. The molecule has 2 heterocycles. The first-order valence-corrected chi connectivity index (χ1v) is 10.7. The minimum atomic E-state index is -0.470. The number of benzene rings is 1. The molecule has 30 heavy (non-hydrogen) atoms. The highest BCUT2D eigenvalue weighted by Gasteiger charge is 2.34. The third kappa shape index (κ3) is 6.60. The van der Waals surface area contributed by atoms with E-state index in [0.29, 0.717) is 19.6 Å². The summed E-state index contributed by atoms with van der Waals surface area (Å²) in [6.07, 6.45) is -0.263. The largest absolute Gasteiger partial charge is 0.444 e. The van der Waals surface area contributed by atoms with Gasteiger partial charge < -0.3 is 25.0 Å². The van der Waals surface area contributed by atoms with Crippen LogP contribution in [0.1, 0.15) is 31.9 Å². The van der Waals surface area contributed by atoms with Gasteiger partial charge in [-0.2, -0.15) is 0 Å². The zero-order valence-electron chi connectivity index (χ0n) is 18.6. The topological polar surface area (TPSA) is 78.4 Å². The van der Waals surface area contributed by atoms with Crippen molar-refractivity contribution in [1.29, 1.82) is 0 Å². The third-order valence-corrected chi connectivity index (χ3v) is 5.16. The van der Waals surface area contributed by atoms with Gasteiger partial charge in [0.2, 0.25) is 0 Å². The Labute approximate surface area is 179 Å². The first kappa shape index (κ1) is 22.4. The van der Waals surface area contributed by atoms with Crippen LogP contribution in [0.25, 0.3) is 0 Å². The van der Waals surface area contributed by atoms with Crippen molar-refractivity contribution >= 4 is 12.1 Å². The second-order valence-corrected chi connectivity index (χ2v) is 8.81. The van der Waals surface area contributed by atoms with Gasteiger partial charge in [0.15, 0.2) is 5.96 Å². The van der Waals surface area contributed by atoms with Crippen molar-refractivity contribution in [2.24, 2.45) is 4.99 Å². The standard InChI is InChI=1S/C22H35N5O3/c1-22(2,3)30-21(28)27-15-19(16-27)25-20(23-4)24-13-17-7-5-6-8-18(17)14-26-9-11-29-12-10-26/h5-8,19H,9-16H2,1-4H3,(H2,23,24,25). The van der Waals surface area contributed by atoms with Crippen molar-refractivity contribution in [3.05, 3.63) is 35.4 Å². The molecule has 0 saturated carbocycles. The van der Waals surface area contributed by atoms with E-state index in [1.54, 1.807) is 11.9 Å². The van der Waals surface area contributed by atoms with E-state index in [-0.39, 0.29) is 12.1 Å². The van der Waals surface area contributed by atoms with Crippen LogP contribution in [-0.2, 0) is 22.6 Å². The Hall–Kier alpha value is -2.32. The van der Waals surface area contributed by atoms with Gasteiger partial charge in [-0.1, -0.05) is 24.3 Å². The molecule has 2 aliphatic rings. The highest BCUT2D eigenvalue weighted by atomic mass is 16.6. The number of carbonyl (C=O) groups is 1. The van der Waals surface area contributed by atoms with E-state index in [4.69, 9.17) is 9.47 Å². The van der Waals surface area contributed by atoms with Gasteiger partial charge in [0.25, 0.3) is 0 Å². The van der Waals surface area contributed by atoms with Gasteiger partial charge in [0.05, 0.1) is 19.3 Å². The van der Waals surface area contributed by atoms with Crippen molar-refractivity contribution in [3.8, 4) is 0 Å². The Morgan fingerprint density at radius 3 is 2.50 bits per heavy atom. The summed E-state index contributed by atoms with van der Waals surface area (Å²) < 4.78 is 10.9. The summed E-state index contributed by atoms with van der Waals surface area (Å²) >= 11 is 0. The summed E-state index contributed by atoms with van der Waals surface area (Å²) in [5.41, 5.74) is 2.11. The SMILES string of the molecule is CN=C(NCc1ccccc1CN1CCOCC1)NC1CN(C(=O)OC(C)(C)C)C1. The molecule has 0 aromatic heterocycles. The Morgan fingerprint density at radius 1 is 1.20 bits per heavy atom. The van der Waals surface area contributed by atoms with Crippen LogP contribution >= 0.6 is 0 Å². The van der Waals surface area contributed by atoms with Gasteiger partial charge in [-0.05, 0) is 31.9 Å². The van der Waals surface area contributed by atoms with Crippen LogP contribution in [0.5, 0.6) is 0 Å². The van der Waals surface area contributed by atoms with Crippen LogP contribution in [-0.4, -0.2) is 79.9 Å². The zero-order chi connectivity index (χ0) is 21.6. The van der Waals surface area contributed by atoms with Gasteiger partial charge in [-0.25, -0.2) is 4.79 Å². The number of carbonyl (C=O) groups excluding carboxylic acids is 1. The van der Waals surface area contributed by atoms with Crippen LogP contribution in [0.2, 0.25) is 0 Å². The molecule has 0 aliphatic carbocycles. The van der Waals surface area contributed by atoms with Crippen molar-refractivity contribution in [2.45, 2.75) is 45.5 Å². The average molecular weight is 418 g/mol. The molecule has 0 unspecified atom stereocenters. The maximum Gasteiger partial charge on any atom is 0.410 e. The lowest BCUT2D eigenvalue weighted by Gasteiger charge is -2.40. The fourth-order valence-corrected chi connectivity index (χ4v) is 3.50. The minimum absolute atomic E-state index is 0.173. The number of hydrogen-bond acceptors (Lipinski definition) is 5. The molecule has 0 radical (unpaired) electrons. The molecule has 8 nitrogen and oxygen atoms in total. The summed E-state index contributed by atoms with van der Waals surface area (Å²) in [6.45, 7) is 12.0. The quantitative estimate of drug-likeness (QED) is 0.562. The number of likely N-dealkylation sites (tertiary alicyclic amines) is 1. The lowest BCUT2D eigenvalue weighted by atomic mass is 10.1. The Morgan fingerprint density at radius 2 is 1.87 bits per heavy atom. The molecule has 1 aromatic rings. The van der Waals surface area contributed by atoms with Crippen LogP contribution in [0.4, 0.5) is 4.79 Å². The van der Waals surface area contributed by atoms with Crippen LogP contribution in [0, 0.1) is 0 Å². The molecule has 2 aliphatic heterocycles. The summed E-state index contributed by atoms with van der Waals surface area (Å²) in [5, 5.41) is 6.79. The van der Waals surface area contributed by atoms with Crippen LogP contribution in [0.3, 0.4) is 0 Å². The molecule has 2 fully saturated rings. The number of morpholine rings is 1. The number of aliphatic imine (C=N–C) groups is 1. The second-order valence-electron chi connectivity index (χ2n) is 8.81. The van der Waals surface area contributed by atoms with Crippen molar-refractivity contribution in [2.75, 3.05) is 46.4 Å².